The van der Waals surface area contributed by atoms with Gasteiger partial charge in [0.25, 0.3) is 5.91 Å². The van der Waals surface area contributed by atoms with Crippen LogP contribution in [0.25, 0.3) is 10.9 Å². The number of hydrogen-bond acceptors (Lipinski definition) is 7. The molecule has 222 valence electrons. The number of carbonyl (C=O) groups is 2. The molecule has 0 unspecified atom stereocenters. The third-order valence-electron chi connectivity index (χ3n) is 6.65. The van der Waals surface area contributed by atoms with Crippen molar-refractivity contribution in [1.29, 1.82) is 0 Å². The second kappa shape index (κ2) is 12.8. The summed E-state index contributed by atoms with van der Waals surface area (Å²) in [5, 5.41) is 3.75. The summed E-state index contributed by atoms with van der Waals surface area (Å²) in [5.74, 6) is 0.505. The zero-order chi connectivity index (χ0) is 29.6. The van der Waals surface area contributed by atoms with Crippen molar-refractivity contribution >= 4 is 38.6 Å². The Morgan fingerprint density at radius 3 is 2.46 bits per heavy atom. The van der Waals surface area contributed by atoms with Crippen molar-refractivity contribution in [3.63, 3.8) is 0 Å². The summed E-state index contributed by atoms with van der Waals surface area (Å²) in [6.45, 7) is 8.40. The first-order valence-electron chi connectivity index (χ1n) is 13.6. The molecule has 1 fully saturated rings. The molecule has 1 aliphatic heterocycles. The second-order valence-corrected chi connectivity index (χ2v) is 12.9. The molecule has 3 aromatic rings. The van der Waals surface area contributed by atoms with Gasteiger partial charge in [0.15, 0.2) is 6.61 Å². The lowest BCUT2D eigenvalue weighted by molar-refractivity contribution is -0.133. The van der Waals surface area contributed by atoms with Gasteiger partial charge in [-0.2, -0.15) is 0 Å². The minimum Gasteiger partial charge on any atom is -0.484 e. The number of ether oxygens (including phenoxy) is 2. The number of anilines is 1. The van der Waals surface area contributed by atoms with Crippen LogP contribution < -0.4 is 19.7 Å². The number of sulfonamides is 1. The molecule has 1 aromatic heterocycles. The SMILES string of the molecule is CC(C)(C)OC(=O)NCCc1c[nH]c2ccc(OCC(=O)N3CCN(c4ccccc4CNS(C)(=O)=O)CC3)cc12. The van der Waals surface area contributed by atoms with Gasteiger partial charge in [0.05, 0.1) is 6.26 Å². The number of carbonyl (C=O) groups excluding carboxylic acids is 2. The quantitative estimate of drug-likeness (QED) is 0.333. The molecule has 3 N–H and O–H groups in total. The number of nitrogens with zero attached hydrogens (tertiary/aromatic N) is 2. The Morgan fingerprint density at radius 1 is 1.02 bits per heavy atom. The molecule has 0 bridgehead atoms. The molecule has 2 amide bonds. The molecule has 2 aromatic carbocycles. The highest BCUT2D eigenvalue weighted by atomic mass is 32.2. The zero-order valence-electron chi connectivity index (χ0n) is 24.0. The van der Waals surface area contributed by atoms with Crippen LogP contribution in [0.15, 0.2) is 48.7 Å². The van der Waals surface area contributed by atoms with Crippen LogP contribution in [0.2, 0.25) is 0 Å². The number of aromatic amines is 1. The lowest BCUT2D eigenvalue weighted by Gasteiger charge is -2.37. The second-order valence-electron chi connectivity index (χ2n) is 11.1. The van der Waals surface area contributed by atoms with E-state index in [1.807, 2.05) is 69.4 Å². The number of benzene rings is 2. The normalized spacial score (nSPS) is 14.2. The molecule has 41 heavy (non-hydrogen) atoms. The summed E-state index contributed by atoms with van der Waals surface area (Å²) in [5.41, 5.74) is 3.27. The van der Waals surface area contributed by atoms with Crippen molar-refractivity contribution < 1.29 is 27.5 Å². The molecular weight excluding hydrogens is 546 g/mol. The van der Waals surface area contributed by atoms with Crippen LogP contribution in [0, 0.1) is 0 Å². The van der Waals surface area contributed by atoms with E-state index in [1.54, 1.807) is 4.90 Å². The summed E-state index contributed by atoms with van der Waals surface area (Å²) < 4.78 is 36.8. The Labute approximate surface area is 241 Å². The molecule has 0 atom stereocenters. The summed E-state index contributed by atoms with van der Waals surface area (Å²) >= 11 is 0. The van der Waals surface area contributed by atoms with Gasteiger partial charge in [-0.25, -0.2) is 17.9 Å². The Bertz CT molecular complexity index is 1470. The highest BCUT2D eigenvalue weighted by molar-refractivity contribution is 7.88. The van der Waals surface area contributed by atoms with Crippen LogP contribution >= 0.6 is 0 Å². The molecular formula is C29H39N5O6S. The Morgan fingerprint density at radius 2 is 1.76 bits per heavy atom. The van der Waals surface area contributed by atoms with E-state index in [-0.39, 0.29) is 19.1 Å². The van der Waals surface area contributed by atoms with Gasteiger partial charge in [-0.15, -0.1) is 0 Å². The maximum atomic E-state index is 12.9. The van der Waals surface area contributed by atoms with Gasteiger partial charge in [0, 0.05) is 62.1 Å². The minimum atomic E-state index is -3.30. The standard InChI is InChI=1S/C29H39N5O6S/c1-29(2,3)40-28(36)30-12-11-21-18-31-25-10-9-23(17-24(21)25)39-20-27(35)34-15-13-33(14-16-34)26-8-6-5-7-22(26)19-32-41(4,37)38/h5-10,17-18,31-32H,11-16,19-20H2,1-4H3,(H,30,36). The lowest BCUT2D eigenvalue weighted by Crippen LogP contribution is -2.50. The van der Waals surface area contributed by atoms with E-state index in [1.165, 1.54) is 0 Å². The molecule has 0 radical (unpaired) electrons. The maximum Gasteiger partial charge on any atom is 0.407 e. The molecule has 4 rings (SSSR count). The fourth-order valence-electron chi connectivity index (χ4n) is 4.68. The third kappa shape index (κ3) is 8.86. The van der Waals surface area contributed by atoms with Crippen LogP contribution in [0.3, 0.4) is 0 Å². The van der Waals surface area contributed by atoms with E-state index in [9.17, 15) is 18.0 Å². The predicted octanol–water partition coefficient (Wildman–Crippen LogP) is 3.01. The van der Waals surface area contributed by atoms with Gasteiger partial charge in [0.2, 0.25) is 10.0 Å². The van der Waals surface area contributed by atoms with Crippen molar-refractivity contribution in [3.05, 3.63) is 59.8 Å². The van der Waals surface area contributed by atoms with E-state index < -0.39 is 21.7 Å². The van der Waals surface area contributed by atoms with Crippen LogP contribution in [0.5, 0.6) is 5.75 Å². The molecule has 12 heteroatoms. The topological polar surface area (TPSA) is 133 Å². The van der Waals surface area contributed by atoms with Crippen molar-refractivity contribution in [2.75, 3.05) is 50.5 Å². The van der Waals surface area contributed by atoms with Gasteiger partial charge in [0.1, 0.15) is 11.4 Å². The van der Waals surface area contributed by atoms with Gasteiger partial charge >= 0.3 is 6.09 Å². The summed E-state index contributed by atoms with van der Waals surface area (Å²) in [4.78, 5) is 32.0. The van der Waals surface area contributed by atoms with Gasteiger partial charge in [-0.3, -0.25) is 4.79 Å². The fourth-order valence-corrected chi connectivity index (χ4v) is 5.10. The lowest BCUT2D eigenvalue weighted by atomic mass is 10.1. The molecule has 1 aliphatic rings. The number of para-hydroxylation sites is 1. The average molecular weight is 586 g/mol. The Balaban J connectivity index is 1.28. The van der Waals surface area contributed by atoms with Crippen LogP contribution in [0.1, 0.15) is 31.9 Å². The number of nitrogens with one attached hydrogen (secondary N) is 3. The number of aromatic nitrogens is 1. The van der Waals surface area contributed by atoms with Crippen molar-refractivity contribution in [1.82, 2.24) is 19.9 Å². The van der Waals surface area contributed by atoms with Crippen LogP contribution in [0.4, 0.5) is 10.5 Å². The van der Waals surface area contributed by atoms with Gasteiger partial charge in [-0.1, -0.05) is 18.2 Å². The first-order valence-corrected chi connectivity index (χ1v) is 15.5. The third-order valence-corrected chi connectivity index (χ3v) is 7.32. The van der Waals surface area contributed by atoms with Crippen molar-refractivity contribution in [2.24, 2.45) is 0 Å². The summed E-state index contributed by atoms with van der Waals surface area (Å²) in [7, 11) is -3.30. The van der Waals surface area contributed by atoms with E-state index >= 15 is 0 Å². The summed E-state index contributed by atoms with van der Waals surface area (Å²) in [6, 6.07) is 13.3. The largest absolute Gasteiger partial charge is 0.484 e. The number of rotatable bonds is 10. The summed E-state index contributed by atoms with van der Waals surface area (Å²) in [6.07, 6.45) is 3.21. The Hall–Kier alpha value is -3.77. The first kappa shape index (κ1) is 30.2. The highest BCUT2D eigenvalue weighted by Gasteiger charge is 2.23. The molecule has 1 saturated heterocycles. The smallest absolute Gasteiger partial charge is 0.407 e. The van der Waals surface area contributed by atoms with Crippen LogP contribution in [-0.4, -0.2) is 81.5 Å². The van der Waals surface area contributed by atoms with Gasteiger partial charge in [-0.05, 0) is 62.6 Å². The van der Waals surface area contributed by atoms with E-state index in [4.69, 9.17) is 9.47 Å². The average Bonchev–Trinajstić information content (AvgIpc) is 3.31. The minimum absolute atomic E-state index is 0.0691. The first-order chi connectivity index (χ1) is 19.4. The monoisotopic (exact) mass is 585 g/mol. The number of hydrogen-bond donors (Lipinski definition) is 3. The number of alkyl carbamates (subject to hydrolysis) is 1. The number of amides is 2. The highest BCUT2D eigenvalue weighted by Crippen LogP contribution is 2.25. The zero-order valence-corrected chi connectivity index (χ0v) is 24.8. The molecule has 0 spiro atoms. The Kier molecular flexibility index (Phi) is 9.44. The van der Waals surface area contributed by atoms with E-state index in [0.29, 0.717) is 44.9 Å². The van der Waals surface area contributed by atoms with E-state index in [0.717, 1.165) is 34.0 Å². The number of H-pyrrole nitrogens is 1. The molecule has 11 nitrogen and oxygen atoms in total. The van der Waals surface area contributed by atoms with Crippen molar-refractivity contribution in [3.8, 4) is 5.75 Å². The van der Waals surface area contributed by atoms with Gasteiger partial charge < -0.3 is 29.6 Å². The van der Waals surface area contributed by atoms with Crippen molar-refractivity contribution in [2.45, 2.75) is 39.3 Å². The number of piperazine rings is 1. The van der Waals surface area contributed by atoms with E-state index in [2.05, 4.69) is 19.9 Å². The predicted molar refractivity (Wildman–Crippen MR) is 159 cm³/mol. The molecule has 2 heterocycles. The fraction of sp³-hybridized carbons (Fsp3) is 0.448. The molecule has 0 saturated carbocycles. The molecule has 0 aliphatic carbocycles. The maximum absolute atomic E-state index is 12.9. The van der Waals surface area contributed by atoms with Crippen LogP contribution in [-0.2, 0) is 32.5 Å². The number of fused-ring (bicyclic) bond motifs is 1.